The van der Waals surface area contributed by atoms with E-state index in [1.807, 2.05) is 0 Å². The Bertz CT molecular complexity index is 401. The molecule has 0 unspecified atom stereocenters. The first-order valence-corrected chi connectivity index (χ1v) is 4.83. The zero-order chi connectivity index (χ0) is 9.90. The molecule has 6 heteroatoms. The molecule has 0 heterocycles. The fourth-order valence-electron chi connectivity index (χ4n) is 0.786. The molecule has 0 amide bonds. The molecule has 4 nitrogen and oxygen atoms in total. The maximum Gasteiger partial charge on any atom is 1.00 e. The number of hydrogen-bond donors (Lipinski definition) is 1. The van der Waals surface area contributed by atoms with Crippen LogP contribution in [0.4, 0.5) is 0 Å². The van der Waals surface area contributed by atoms with Crippen LogP contribution in [0.1, 0.15) is 1.43 Å². The maximum atomic E-state index is 10.6. The molecular formula is C8H9KO4S. The third-order valence-corrected chi connectivity index (χ3v) is 2.21. The second-order valence-electron chi connectivity index (χ2n) is 2.23. The van der Waals surface area contributed by atoms with Crippen molar-refractivity contribution in [2.45, 2.75) is 4.90 Å². The van der Waals surface area contributed by atoms with Crippen molar-refractivity contribution in [3.05, 3.63) is 37.1 Å². The van der Waals surface area contributed by atoms with Crippen LogP contribution in [0.3, 0.4) is 0 Å². The van der Waals surface area contributed by atoms with Crippen LogP contribution in [0.2, 0.25) is 0 Å². The number of benzene rings is 1. The van der Waals surface area contributed by atoms with Crippen LogP contribution >= 0.6 is 0 Å². The third-order valence-electron chi connectivity index (χ3n) is 1.34. The van der Waals surface area contributed by atoms with Gasteiger partial charge in [-0.25, -0.2) is 0 Å². The van der Waals surface area contributed by atoms with Gasteiger partial charge in [-0.15, -0.1) is 0 Å². The van der Waals surface area contributed by atoms with Gasteiger partial charge in [-0.1, -0.05) is 6.58 Å². The molecule has 1 aromatic carbocycles. The molecule has 1 rings (SSSR count). The Morgan fingerprint density at radius 1 is 1.36 bits per heavy atom. The average Bonchev–Trinajstić information content (AvgIpc) is 2.04. The van der Waals surface area contributed by atoms with Crippen LogP contribution in [-0.2, 0) is 10.1 Å². The van der Waals surface area contributed by atoms with Crippen molar-refractivity contribution in [2.75, 3.05) is 0 Å². The summed E-state index contributed by atoms with van der Waals surface area (Å²) in [4.78, 5) is -0.163. The van der Waals surface area contributed by atoms with Gasteiger partial charge in [-0.3, -0.25) is 4.55 Å². The molecule has 1 N–H and O–H groups in total. The van der Waals surface area contributed by atoms with Crippen molar-refractivity contribution in [1.82, 2.24) is 0 Å². The standard InChI is InChI=1S/C8H8O4S.K.H/c1-2-12-7-3-5-8(6-4-7)13(9,10)11;;/h2-6H,1H2,(H,9,10,11);;/q;+1;-1. The van der Waals surface area contributed by atoms with Gasteiger partial charge in [0, 0.05) is 0 Å². The summed E-state index contributed by atoms with van der Waals surface area (Å²) in [6.07, 6.45) is 1.22. The molecule has 0 saturated carbocycles. The first-order valence-electron chi connectivity index (χ1n) is 3.39. The van der Waals surface area contributed by atoms with Crippen molar-refractivity contribution < 1.29 is 70.5 Å². The third kappa shape index (κ3) is 4.22. The molecule has 72 valence electrons. The van der Waals surface area contributed by atoms with E-state index in [9.17, 15) is 8.42 Å². The molecule has 0 aliphatic heterocycles. The van der Waals surface area contributed by atoms with Crippen LogP contribution in [0.15, 0.2) is 42.0 Å². The molecule has 1 aromatic rings. The first kappa shape index (κ1) is 14.3. The molecule has 0 atom stereocenters. The average molecular weight is 240 g/mol. The van der Waals surface area contributed by atoms with Crippen LogP contribution in [0, 0.1) is 0 Å². The number of hydrogen-bond acceptors (Lipinski definition) is 3. The van der Waals surface area contributed by atoms with Crippen molar-refractivity contribution in [3.8, 4) is 5.75 Å². The van der Waals surface area contributed by atoms with E-state index in [-0.39, 0.29) is 57.7 Å². The van der Waals surface area contributed by atoms with Crippen LogP contribution in [-0.4, -0.2) is 13.0 Å². The van der Waals surface area contributed by atoms with Crippen LogP contribution in [0.25, 0.3) is 0 Å². The summed E-state index contributed by atoms with van der Waals surface area (Å²) in [5.74, 6) is 0.461. The Morgan fingerprint density at radius 2 is 1.86 bits per heavy atom. The summed E-state index contributed by atoms with van der Waals surface area (Å²) >= 11 is 0. The van der Waals surface area contributed by atoms with E-state index in [1.165, 1.54) is 30.5 Å². The molecule has 0 aliphatic rings. The molecule has 0 bridgehead atoms. The molecule has 14 heavy (non-hydrogen) atoms. The van der Waals surface area contributed by atoms with Crippen LogP contribution < -0.4 is 56.1 Å². The van der Waals surface area contributed by atoms with E-state index >= 15 is 0 Å². The second-order valence-corrected chi connectivity index (χ2v) is 3.65. The summed E-state index contributed by atoms with van der Waals surface area (Å²) in [6, 6.07) is 5.33. The summed E-state index contributed by atoms with van der Waals surface area (Å²) in [6.45, 7) is 3.34. The van der Waals surface area contributed by atoms with E-state index < -0.39 is 10.1 Å². The van der Waals surface area contributed by atoms with E-state index in [0.29, 0.717) is 5.75 Å². The van der Waals surface area contributed by atoms with Crippen LogP contribution in [0.5, 0.6) is 5.75 Å². The Kier molecular flexibility index (Phi) is 6.14. The molecule has 0 aromatic heterocycles. The van der Waals surface area contributed by atoms with Gasteiger partial charge < -0.3 is 6.16 Å². The number of rotatable bonds is 3. The zero-order valence-corrected chi connectivity index (χ0v) is 11.6. The summed E-state index contributed by atoms with van der Waals surface area (Å²) < 4.78 is 34.7. The first-order chi connectivity index (χ1) is 6.04. The largest absolute Gasteiger partial charge is 1.00 e. The second kappa shape index (κ2) is 6.01. The normalized spacial score (nSPS) is 10.1. The fraction of sp³-hybridized carbons (Fsp3) is 0. The minimum atomic E-state index is -4.12. The monoisotopic (exact) mass is 240 g/mol. The molecule has 0 spiro atoms. The van der Waals surface area contributed by atoms with Gasteiger partial charge in [-0.05, 0) is 24.3 Å². The van der Waals surface area contributed by atoms with Crippen molar-refractivity contribution in [3.63, 3.8) is 0 Å². The van der Waals surface area contributed by atoms with E-state index in [2.05, 4.69) is 6.58 Å². The SMILES string of the molecule is C=COc1ccc(S(=O)(=O)O)cc1.[H-].[K+]. The predicted octanol–water partition coefficient (Wildman–Crippen LogP) is -1.43. The summed E-state index contributed by atoms with van der Waals surface area (Å²) in [5, 5.41) is 0. The minimum Gasteiger partial charge on any atom is -1.00 e. The van der Waals surface area contributed by atoms with E-state index in [0.717, 1.165) is 0 Å². The Labute approximate surface area is 127 Å². The van der Waals surface area contributed by atoms with Gasteiger partial charge in [0.05, 0.1) is 11.2 Å². The Hall–Kier alpha value is 0.306. The van der Waals surface area contributed by atoms with Gasteiger partial charge in [0.15, 0.2) is 0 Å². The molecular weight excluding hydrogens is 231 g/mol. The van der Waals surface area contributed by atoms with E-state index in [4.69, 9.17) is 9.29 Å². The van der Waals surface area contributed by atoms with E-state index in [1.54, 1.807) is 0 Å². The summed E-state index contributed by atoms with van der Waals surface area (Å²) in [7, 11) is -4.12. The van der Waals surface area contributed by atoms with Crippen molar-refractivity contribution in [2.24, 2.45) is 0 Å². The molecule has 0 saturated heterocycles. The van der Waals surface area contributed by atoms with Gasteiger partial charge in [0.25, 0.3) is 10.1 Å². The topological polar surface area (TPSA) is 63.6 Å². The quantitative estimate of drug-likeness (QED) is 0.400. The fourth-order valence-corrected chi connectivity index (χ4v) is 1.27. The Balaban J connectivity index is 0. The van der Waals surface area contributed by atoms with Gasteiger partial charge in [0.2, 0.25) is 0 Å². The van der Waals surface area contributed by atoms with Crippen molar-refractivity contribution in [1.29, 1.82) is 0 Å². The molecule has 0 radical (unpaired) electrons. The van der Waals surface area contributed by atoms with Crippen molar-refractivity contribution >= 4 is 10.1 Å². The summed E-state index contributed by atoms with van der Waals surface area (Å²) in [5.41, 5.74) is 0. The Morgan fingerprint density at radius 3 is 2.21 bits per heavy atom. The minimum absolute atomic E-state index is 0. The molecule has 0 fully saturated rings. The molecule has 0 aliphatic carbocycles. The number of ether oxygens (including phenoxy) is 1. The van der Waals surface area contributed by atoms with Gasteiger partial charge >= 0.3 is 51.4 Å². The smallest absolute Gasteiger partial charge is 1.00 e. The predicted molar refractivity (Wildman–Crippen MR) is 48.2 cm³/mol. The zero-order valence-electron chi connectivity index (χ0n) is 8.67. The van der Waals surface area contributed by atoms with Gasteiger partial charge in [0.1, 0.15) is 5.75 Å². The van der Waals surface area contributed by atoms with Gasteiger partial charge in [-0.2, -0.15) is 8.42 Å². The maximum absolute atomic E-state index is 10.6.